The molecule has 1 fully saturated rings. The van der Waals surface area contributed by atoms with Crippen molar-refractivity contribution >= 4 is 27.0 Å². The Kier molecular flexibility index (Phi) is 5.79. The molecule has 0 radical (unpaired) electrons. The number of aryl methyl sites for hydroxylation is 1. The minimum Gasteiger partial charge on any atom is -0.493 e. The molecule has 1 saturated carbocycles. The van der Waals surface area contributed by atoms with Crippen molar-refractivity contribution in [3.8, 4) is 11.5 Å². The number of ether oxygens (including phenoxy) is 1. The first-order chi connectivity index (χ1) is 15.2. The number of nitrogens with zero attached hydrogens (tertiary/aromatic N) is 2. The first-order valence-corrected chi connectivity index (χ1v) is 11.4. The summed E-state index contributed by atoms with van der Waals surface area (Å²) in [6.07, 6.45) is 1.84. The number of rotatable bonds is 9. The lowest BCUT2D eigenvalue weighted by molar-refractivity contribution is 0.0714. The van der Waals surface area contributed by atoms with Gasteiger partial charge in [-0.2, -0.15) is 8.42 Å². The summed E-state index contributed by atoms with van der Waals surface area (Å²) < 4.78 is 36.9. The molecule has 0 atom stereocenters. The molecular weight excluding hydrogens is 432 g/mol. The Hall–Kier alpha value is -3.53. The largest absolute Gasteiger partial charge is 0.493 e. The molecular formula is C22H24N4O5S. The van der Waals surface area contributed by atoms with E-state index in [2.05, 4.69) is 10.1 Å². The molecule has 1 aliphatic carbocycles. The van der Waals surface area contributed by atoms with Crippen LogP contribution in [0.5, 0.6) is 11.5 Å². The molecule has 1 aliphatic rings. The van der Waals surface area contributed by atoms with Crippen LogP contribution < -0.4 is 20.4 Å². The summed E-state index contributed by atoms with van der Waals surface area (Å²) in [5, 5.41) is 4.23. The van der Waals surface area contributed by atoms with Gasteiger partial charge in [0.25, 0.3) is 0 Å². The zero-order valence-electron chi connectivity index (χ0n) is 17.5. The molecule has 3 aromatic rings. The molecule has 9 nitrogen and oxygen atoms in total. The second-order valence-electron chi connectivity index (χ2n) is 7.94. The van der Waals surface area contributed by atoms with Crippen LogP contribution in [0.1, 0.15) is 18.4 Å². The third-order valence-corrected chi connectivity index (χ3v) is 6.25. The Morgan fingerprint density at radius 1 is 1.06 bits per heavy atom. The smallest absolute Gasteiger partial charge is 0.356 e. The molecule has 0 unspecified atom stereocenters. The van der Waals surface area contributed by atoms with E-state index in [0.717, 1.165) is 23.8 Å². The van der Waals surface area contributed by atoms with Gasteiger partial charge in [0.1, 0.15) is 18.1 Å². The summed E-state index contributed by atoms with van der Waals surface area (Å²) in [5.41, 5.74) is 11.7. The number of para-hydroxylation sites is 1. The normalized spacial score (nSPS) is 14.5. The van der Waals surface area contributed by atoms with Gasteiger partial charge in [0.2, 0.25) is 5.96 Å². The number of benzene rings is 2. The molecule has 10 heteroatoms. The van der Waals surface area contributed by atoms with Gasteiger partial charge in [-0.15, -0.1) is 0 Å². The topological polar surface area (TPSA) is 139 Å². The highest BCUT2D eigenvalue weighted by Crippen LogP contribution is 2.46. The molecule has 0 saturated heterocycles. The van der Waals surface area contributed by atoms with E-state index in [1.54, 1.807) is 36.4 Å². The average Bonchev–Trinajstić information content (AvgIpc) is 3.51. The van der Waals surface area contributed by atoms with Gasteiger partial charge in [-0.05, 0) is 60.8 Å². The molecule has 32 heavy (non-hydrogen) atoms. The minimum absolute atomic E-state index is 0.135. The minimum atomic E-state index is -4.11. The van der Waals surface area contributed by atoms with Gasteiger partial charge >= 0.3 is 10.1 Å². The van der Waals surface area contributed by atoms with Gasteiger partial charge in [-0.3, -0.25) is 0 Å². The molecule has 1 aromatic heterocycles. The van der Waals surface area contributed by atoms with E-state index in [4.69, 9.17) is 25.2 Å². The summed E-state index contributed by atoms with van der Waals surface area (Å²) in [5.74, 6) is 0.510. The van der Waals surface area contributed by atoms with Crippen LogP contribution in [0.4, 0.5) is 0 Å². The van der Waals surface area contributed by atoms with E-state index in [1.807, 2.05) is 19.1 Å². The van der Waals surface area contributed by atoms with Crippen LogP contribution in [0.15, 0.2) is 64.8 Å². The standard InChI is InChI=1S/C22H24N4O5S/c1-15-10-17(29-13-22(8-9-22)14-30-26-21(23)24)12-18(11-15)31-32(27,28)20-7-6-16-4-2-3-5-19(16)25-20/h2-7,10-12H,8-9,13-14H2,1H3,(H4,23,24,26). The van der Waals surface area contributed by atoms with Crippen molar-refractivity contribution in [2.24, 2.45) is 22.0 Å². The number of oxime groups is 1. The Bertz CT molecular complexity index is 1270. The zero-order valence-corrected chi connectivity index (χ0v) is 18.3. The highest BCUT2D eigenvalue weighted by atomic mass is 32.2. The molecule has 0 spiro atoms. The highest BCUT2D eigenvalue weighted by Gasteiger charge is 2.45. The van der Waals surface area contributed by atoms with Crippen LogP contribution in [0.25, 0.3) is 10.9 Å². The average molecular weight is 457 g/mol. The number of guanidine groups is 1. The summed E-state index contributed by atoms with van der Waals surface area (Å²) in [6, 6.07) is 15.4. The maximum absolute atomic E-state index is 12.8. The Balaban J connectivity index is 1.46. The van der Waals surface area contributed by atoms with Crippen molar-refractivity contribution in [3.63, 3.8) is 0 Å². The predicted molar refractivity (Wildman–Crippen MR) is 120 cm³/mol. The van der Waals surface area contributed by atoms with Crippen LogP contribution in [0.3, 0.4) is 0 Å². The lowest BCUT2D eigenvalue weighted by Crippen LogP contribution is -2.24. The summed E-state index contributed by atoms with van der Waals surface area (Å²) in [4.78, 5) is 9.37. The van der Waals surface area contributed by atoms with E-state index in [1.165, 1.54) is 6.07 Å². The number of hydrogen-bond acceptors (Lipinski definition) is 7. The van der Waals surface area contributed by atoms with Crippen LogP contribution in [0.2, 0.25) is 0 Å². The van der Waals surface area contributed by atoms with Crippen molar-refractivity contribution in [2.45, 2.75) is 24.8 Å². The predicted octanol–water partition coefficient (Wildman–Crippen LogP) is 2.67. The molecule has 2 aromatic carbocycles. The summed E-state index contributed by atoms with van der Waals surface area (Å²) >= 11 is 0. The number of hydrogen-bond donors (Lipinski definition) is 2. The van der Waals surface area contributed by atoms with Crippen LogP contribution >= 0.6 is 0 Å². The third kappa shape index (κ3) is 5.20. The Morgan fingerprint density at radius 3 is 2.56 bits per heavy atom. The monoisotopic (exact) mass is 456 g/mol. The lowest BCUT2D eigenvalue weighted by Gasteiger charge is -2.16. The fraction of sp³-hybridized carbons (Fsp3) is 0.273. The summed E-state index contributed by atoms with van der Waals surface area (Å²) in [7, 11) is -4.11. The van der Waals surface area contributed by atoms with E-state index in [-0.39, 0.29) is 22.2 Å². The van der Waals surface area contributed by atoms with Gasteiger partial charge in [0.15, 0.2) is 5.03 Å². The van der Waals surface area contributed by atoms with Crippen molar-refractivity contribution < 1.29 is 22.2 Å². The number of pyridine rings is 1. The van der Waals surface area contributed by atoms with Crippen molar-refractivity contribution in [3.05, 3.63) is 60.2 Å². The molecule has 168 valence electrons. The fourth-order valence-electron chi connectivity index (χ4n) is 3.19. The highest BCUT2D eigenvalue weighted by molar-refractivity contribution is 7.87. The van der Waals surface area contributed by atoms with Gasteiger partial charge in [-0.25, -0.2) is 4.98 Å². The quantitative estimate of drug-likeness (QED) is 0.217. The lowest BCUT2D eigenvalue weighted by atomic mass is 10.1. The van der Waals surface area contributed by atoms with E-state index in [0.29, 0.717) is 24.5 Å². The molecule has 1 heterocycles. The maximum atomic E-state index is 12.8. The second kappa shape index (κ2) is 8.54. The van der Waals surface area contributed by atoms with E-state index < -0.39 is 10.1 Å². The Labute approximate surface area is 186 Å². The first kappa shape index (κ1) is 21.7. The molecule has 4 N–H and O–H groups in total. The van der Waals surface area contributed by atoms with Crippen molar-refractivity contribution in [1.82, 2.24) is 4.98 Å². The van der Waals surface area contributed by atoms with Crippen molar-refractivity contribution in [1.29, 1.82) is 0 Å². The van der Waals surface area contributed by atoms with E-state index >= 15 is 0 Å². The first-order valence-electron chi connectivity index (χ1n) is 10.0. The van der Waals surface area contributed by atoms with Crippen LogP contribution in [-0.2, 0) is 15.0 Å². The number of nitrogens with two attached hydrogens (primary N) is 2. The van der Waals surface area contributed by atoms with Gasteiger partial charge in [-0.1, -0.05) is 18.2 Å². The second-order valence-corrected chi connectivity index (χ2v) is 9.43. The van der Waals surface area contributed by atoms with Gasteiger partial charge in [0, 0.05) is 16.9 Å². The van der Waals surface area contributed by atoms with Crippen LogP contribution in [-0.4, -0.2) is 32.6 Å². The number of fused-ring (bicyclic) bond motifs is 1. The SMILES string of the molecule is Cc1cc(OCC2(CON=C(N)N)CC2)cc(OS(=O)(=O)c2ccc3ccccc3n2)c1. The van der Waals surface area contributed by atoms with Crippen molar-refractivity contribution in [2.75, 3.05) is 13.2 Å². The molecule has 0 bridgehead atoms. The molecule has 4 rings (SSSR count). The molecule has 0 aliphatic heterocycles. The van der Waals surface area contributed by atoms with Gasteiger partial charge < -0.3 is 25.2 Å². The van der Waals surface area contributed by atoms with Gasteiger partial charge in [0.05, 0.1) is 12.1 Å². The Morgan fingerprint density at radius 2 is 1.81 bits per heavy atom. The molecule has 0 amide bonds. The zero-order chi connectivity index (χ0) is 22.8. The maximum Gasteiger partial charge on any atom is 0.356 e. The van der Waals surface area contributed by atoms with E-state index in [9.17, 15) is 8.42 Å². The van der Waals surface area contributed by atoms with Crippen LogP contribution in [0, 0.1) is 12.3 Å². The fourth-order valence-corrected chi connectivity index (χ4v) is 4.07. The summed E-state index contributed by atoms with van der Waals surface area (Å²) in [6.45, 7) is 2.55. The third-order valence-electron chi connectivity index (χ3n) is 5.10. The number of aromatic nitrogens is 1.